The fourth-order valence-corrected chi connectivity index (χ4v) is 1.78. The minimum atomic E-state index is 0.618. The van der Waals surface area contributed by atoms with Gasteiger partial charge in [0, 0.05) is 12.3 Å². The van der Waals surface area contributed by atoms with Crippen molar-refractivity contribution < 1.29 is 8.98 Å². The van der Waals surface area contributed by atoms with Crippen LogP contribution in [0.25, 0.3) is 22.7 Å². The number of rotatable bonds is 1. The molecular formula is C13H12N3O+. The highest BCUT2D eigenvalue weighted by atomic mass is 16.3. The van der Waals surface area contributed by atoms with E-state index in [0.717, 1.165) is 11.1 Å². The molecule has 0 aliphatic heterocycles. The third-order valence-corrected chi connectivity index (χ3v) is 2.71. The molecule has 0 atom stereocenters. The van der Waals surface area contributed by atoms with Crippen molar-refractivity contribution in [2.75, 3.05) is 0 Å². The maximum absolute atomic E-state index is 5.70. The molecule has 4 heteroatoms. The average molecular weight is 226 g/mol. The van der Waals surface area contributed by atoms with Gasteiger partial charge in [-0.3, -0.25) is 0 Å². The Balaban J connectivity index is 2.23. The van der Waals surface area contributed by atoms with Gasteiger partial charge in [0.2, 0.25) is 5.89 Å². The second kappa shape index (κ2) is 3.66. The van der Waals surface area contributed by atoms with Gasteiger partial charge < -0.3 is 4.42 Å². The molecule has 0 amide bonds. The SMILES string of the molecule is Cc1cc[n+](C)cc1-c1nc2ncccc2o1. The van der Waals surface area contributed by atoms with Crippen molar-refractivity contribution in [3.05, 3.63) is 42.4 Å². The largest absolute Gasteiger partial charge is 0.434 e. The second-order valence-electron chi connectivity index (χ2n) is 4.05. The van der Waals surface area contributed by atoms with E-state index >= 15 is 0 Å². The number of nitrogens with zero attached hydrogens (tertiary/aromatic N) is 3. The van der Waals surface area contributed by atoms with E-state index in [1.165, 1.54) is 0 Å². The van der Waals surface area contributed by atoms with E-state index < -0.39 is 0 Å². The van der Waals surface area contributed by atoms with E-state index in [2.05, 4.69) is 9.97 Å². The van der Waals surface area contributed by atoms with Gasteiger partial charge in [-0.05, 0) is 24.6 Å². The van der Waals surface area contributed by atoms with Gasteiger partial charge in [0.15, 0.2) is 23.6 Å². The Morgan fingerprint density at radius 3 is 3.00 bits per heavy atom. The fraction of sp³-hybridized carbons (Fsp3) is 0.154. The molecule has 3 aromatic heterocycles. The zero-order valence-electron chi connectivity index (χ0n) is 9.71. The number of hydrogen-bond donors (Lipinski definition) is 0. The third kappa shape index (κ3) is 1.67. The molecule has 3 aromatic rings. The number of aromatic nitrogens is 3. The first kappa shape index (κ1) is 9.96. The lowest BCUT2D eigenvalue weighted by Crippen LogP contribution is -2.26. The van der Waals surface area contributed by atoms with E-state index in [1.807, 2.05) is 49.1 Å². The summed E-state index contributed by atoms with van der Waals surface area (Å²) < 4.78 is 7.68. The summed E-state index contributed by atoms with van der Waals surface area (Å²) in [7, 11) is 1.98. The molecule has 0 saturated carbocycles. The van der Waals surface area contributed by atoms with Crippen LogP contribution < -0.4 is 4.57 Å². The summed E-state index contributed by atoms with van der Waals surface area (Å²) in [5, 5.41) is 0. The lowest BCUT2D eigenvalue weighted by atomic mass is 10.1. The summed E-state index contributed by atoms with van der Waals surface area (Å²) in [6.45, 7) is 2.04. The summed E-state index contributed by atoms with van der Waals surface area (Å²) >= 11 is 0. The van der Waals surface area contributed by atoms with Crippen LogP contribution in [-0.2, 0) is 7.05 Å². The number of fused-ring (bicyclic) bond motifs is 1. The molecule has 0 aliphatic carbocycles. The van der Waals surface area contributed by atoms with Crippen molar-refractivity contribution in [2.24, 2.45) is 7.05 Å². The normalized spacial score (nSPS) is 10.9. The molecule has 0 bridgehead atoms. The highest BCUT2D eigenvalue weighted by Crippen LogP contribution is 2.24. The van der Waals surface area contributed by atoms with Crippen molar-refractivity contribution in [2.45, 2.75) is 6.92 Å². The molecule has 0 aliphatic rings. The van der Waals surface area contributed by atoms with Gasteiger partial charge in [-0.15, -0.1) is 0 Å². The van der Waals surface area contributed by atoms with Crippen molar-refractivity contribution in [1.29, 1.82) is 0 Å². The smallest absolute Gasteiger partial charge is 0.235 e. The summed E-state index contributed by atoms with van der Waals surface area (Å²) in [4.78, 5) is 8.56. The number of aryl methyl sites for hydroxylation is 2. The molecular weight excluding hydrogens is 214 g/mol. The Bertz CT molecular complexity index is 655. The van der Waals surface area contributed by atoms with Crippen LogP contribution in [-0.4, -0.2) is 9.97 Å². The zero-order valence-corrected chi connectivity index (χ0v) is 9.71. The molecule has 0 fully saturated rings. The van der Waals surface area contributed by atoms with E-state index in [-0.39, 0.29) is 0 Å². The first-order chi connectivity index (χ1) is 8.24. The van der Waals surface area contributed by atoms with E-state index in [1.54, 1.807) is 6.20 Å². The summed E-state index contributed by atoms with van der Waals surface area (Å²) in [6.07, 6.45) is 5.71. The second-order valence-corrected chi connectivity index (χ2v) is 4.05. The summed E-state index contributed by atoms with van der Waals surface area (Å²) in [5.41, 5.74) is 3.49. The molecule has 3 heterocycles. The van der Waals surface area contributed by atoms with Gasteiger partial charge in [-0.1, -0.05) is 0 Å². The van der Waals surface area contributed by atoms with Gasteiger partial charge in [-0.25, -0.2) is 9.55 Å². The van der Waals surface area contributed by atoms with Crippen LogP contribution in [0.1, 0.15) is 5.56 Å². The topological polar surface area (TPSA) is 42.8 Å². The van der Waals surface area contributed by atoms with Gasteiger partial charge in [0.05, 0.1) is 0 Å². The van der Waals surface area contributed by atoms with Gasteiger partial charge in [-0.2, -0.15) is 4.98 Å². The molecule has 84 valence electrons. The minimum absolute atomic E-state index is 0.618. The molecule has 17 heavy (non-hydrogen) atoms. The molecule has 0 unspecified atom stereocenters. The van der Waals surface area contributed by atoms with Gasteiger partial charge >= 0.3 is 0 Å². The van der Waals surface area contributed by atoms with Crippen LogP contribution in [0, 0.1) is 6.92 Å². The monoisotopic (exact) mass is 226 g/mol. The molecule has 0 radical (unpaired) electrons. The molecule has 0 aromatic carbocycles. The Morgan fingerprint density at radius 1 is 1.29 bits per heavy atom. The van der Waals surface area contributed by atoms with Crippen molar-refractivity contribution in [3.63, 3.8) is 0 Å². The van der Waals surface area contributed by atoms with Gasteiger partial charge in [0.1, 0.15) is 12.6 Å². The predicted molar refractivity (Wildman–Crippen MR) is 63.2 cm³/mol. The van der Waals surface area contributed by atoms with Crippen molar-refractivity contribution >= 4 is 11.2 Å². The summed E-state index contributed by atoms with van der Waals surface area (Å²) in [5.74, 6) is 0.618. The molecule has 0 N–H and O–H groups in total. The van der Waals surface area contributed by atoms with Gasteiger partial charge in [0.25, 0.3) is 0 Å². The lowest BCUT2D eigenvalue weighted by molar-refractivity contribution is -0.671. The fourth-order valence-electron chi connectivity index (χ4n) is 1.78. The number of hydrogen-bond acceptors (Lipinski definition) is 3. The Morgan fingerprint density at radius 2 is 2.18 bits per heavy atom. The highest BCUT2D eigenvalue weighted by molar-refractivity contribution is 5.72. The molecule has 3 rings (SSSR count). The van der Waals surface area contributed by atoms with Crippen LogP contribution in [0.15, 0.2) is 41.2 Å². The maximum atomic E-state index is 5.70. The standard InChI is InChI=1S/C13H12N3O/c1-9-5-7-16(2)8-10(9)13-15-12-11(17-13)4-3-6-14-12/h3-8H,1-2H3/q+1. The van der Waals surface area contributed by atoms with Crippen LogP contribution in [0.5, 0.6) is 0 Å². The highest BCUT2D eigenvalue weighted by Gasteiger charge is 2.13. The Labute approximate surface area is 98.6 Å². The average Bonchev–Trinajstić information content (AvgIpc) is 2.75. The predicted octanol–water partition coefficient (Wildman–Crippen LogP) is 2.02. The van der Waals surface area contributed by atoms with E-state index in [0.29, 0.717) is 17.1 Å². The van der Waals surface area contributed by atoms with E-state index in [9.17, 15) is 0 Å². The summed E-state index contributed by atoms with van der Waals surface area (Å²) in [6, 6.07) is 5.75. The van der Waals surface area contributed by atoms with E-state index in [4.69, 9.17) is 4.42 Å². The van der Waals surface area contributed by atoms with Crippen molar-refractivity contribution in [1.82, 2.24) is 9.97 Å². The number of oxazole rings is 1. The van der Waals surface area contributed by atoms with Crippen LogP contribution in [0.3, 0.4) is 0 Å². The third-order valence-electron chi connectivity index (χ3n) is 2.71. The molecule has 0 saturated heterocycles. The van der Waals surface area contributed by atoms with Crippen LogP contribution in [0.2, 0.25) is 0 Å². The minimum Gasteiger partial charge on any atom is -0.434 e. The lowest BCUT2D eigenvalue weighted by Gasteiger charge is -1.97. The quantitative estimate of drug-likeness (QED) is 0.596. The van der Waals surface area contributed by atoms with Crippen LogP contribution >= 0.6 is 0 Å². The Hall–Kier alpha value is -2.23. The van der Waals surface area contributed by atoms with Crippen LogP contribution in [0.4, 0.5) is 0 Å². The first-order valence-corrected chi connectivity index (χ1v) is 5.42. The van der Waals surface area contributed by atoms with Crippen molar-refractivity contribution in [3.8, 4) is 11.5 Å². The Kier molecular flexibility index (Phi) is 2.14. The first-order valence-electron chi connectivity index (χ1n) is 5.42. The maximum Gasteiger partial charge on any atom is 0.235 e. The zero-order chi connectivity index (χ0) is 11.8. The molecule has 0 spiro atoms. The number of pyridine rings is 2. The molecule has 4 nitrogen and oxygen atoms in total.